The van der Waals surface area contributed by atoms with Crippen molar-refractivity contribution >= 4 is 22.6 Å². The second-order valence-electron chi connectivity index (χ2n) is 6.83. The van der Waals surface area contributed by atoms with Crippen LogP contribution in [0.15, 0.2) is 29.1 Å². The number of fused-ring (bicyclic) bond motifs is 1. The van der Waals surface area contributed by atoms with Crippen molar-refractivity contribution in [3.8, 4) is 0 Å². The third-order valence-corrected chi connectivity index (χ3v) is 4.96. The number of carbonyl (C=O) groups is 2. The third kappa shape index (κ3) is 3.34. The van der Waals surface area contributed by atoms with Crippen LogP contribution in [0.1, 0.15) is 43.6 Å². The number of esters is 1. The Kier molecular flexibility index (Phi) is 5.06. The first kappa shape index (κ1) is 18.1. The number of nitrogens with zero attached hydrogens (tertiary/aromatic N) is 3. The maximum atomic E-state index is 12.5. The Bertz CT molecular complexity index is 895. The van der Waals surface area contributed by atoms with E-state index in [-0.39, 0.29) is 35.9 Å². The highest BCUT2D eigenvalue weighted by molar-refractivity contribution is 6.02. The highest BCUT2D eigenvalue weighted by Gasteiger charge is 2.29. The van der Waals surface area contributed by atoms with E-state index < -0.39 is 5.97 Å². The molecule has 7 nitrogen and oxygen atoms in total. The first-order chi connectivity index (χ1) is 12.4. The van der Waals surface area contributed by atoms with Crippen LogP contribution in [0.3, 0.4) is 0 Å². The van der Waals surface area contributed by atoms with E-state index in [1.165, 1.54) is 7.05 Å². The van der Waals surface area contributed by atoms with Crippen molar-refractivity contribution in [3.63, 3.8) is 0 Å². The molecule has 0 saturated carbocycles. The number of carbonyl (C=O) groups excluding carboxylic acids is 2. The van der Waals surface area contributed by atoms with Crippen molar-refractivity contribution in [1.82, 2.24) is 14.7 Å². The number of amides is 1. The molecule has 1 aromatic carbocycles. The van der Waals surface area contributed by atoms with Gasteiger partial charge in [-0.05, 0) is 39.2 Å². The minimum absolute atomic E-state index is 0.0373. The topological polar surface area (TPSA) is 81.5 Å². The standard InChI is InChI=1S/C19H23N3O4/c1-12-7-6-8-13(2)22(12)16(23)11-26-19(25)17-14-9-4-5-10-15(14)18(24)21(3)20-17/h4-5,9-10,12-13H,6-8,11H2,1-3H3/t12-,13-/m0/s1. The summed E-state index contributed by atoms with van der Waals surface area (Å²) < 4.78 is 6.34. The van der Waals surface area contributed by atoms with Crippen molar-refractivity contribution in [3.05, 3.63) is 40.3 Å². The summed E-state index contributed by atoms with van der Waals surface area (Å²) in [6, 6.07) is 7.02. The summed E-state index contributed by atoms with van der Waals surface area (Å²) in [7, 11) is 1.48. The van der Waals surface area contributed by atoms with Gasteiger partial charge in [0.15, 0.2) is 12.3 Å². The smallest absolute Gasteiger partial charge is 0.359 e. The number of hydrogen-bond acceptors (Lipinski definition) is 5. The zero-order chi connectivity index (χ0) is 18.8. The van der Waals surface area contributed by atoms with Crippen molar-refractivity contribution in [2.75, 3.05) is 6.61 Å². The summed E-state index contributed by atoms with van der Waals surface area (Å²) in [5.41, 5.74) is -0.251. The van der Waals surface area contributed by atoms with Gasteiger partial charge in [-0.2, -0.15) is 5.10 Å². The zero-order valence-corrected chi connectivity index (χ0v) is 15.3. The van der Waals surface area contributed by atoms with E-state index in [0.29, 0.717) is 10.8 Å². The normalized spacial score (nSPS) is 20.2. The molecule has 138 valence electrons. The molecule has 0 radical (unpaired) electrons. The second kappa shape index (κ2) is 7.27. The molecule has 1 aromatic heterocycles. The maximum Gasteiger partial charge on any atom is 0.359 e. The van der Waals surface area contributed by atoms with Gasteiger partial charge in [0.1, 0.15) is 0 Å². The third-order valence-electron chi connectivity index (χ3n) is 4.96. The summed E-state index contributed by atoms with van der Waals surface area (Å²) in [4.78, 5) is 38.9. The number of hydrogen-bond donors (Lipinski definition) is 0. The second-order valence-corrected chi connectivity index (χ2v) is 6.83. The fourth-order valence-electron chi connectivity index (χ4n) is 3.63. The van der Waals surface area contributed by atoms with Gasteiger partial charge < -0.3 is 9.64 Å². The molecule has 0 unspecified atom stereocenters. The minimum Gasteiger partial charge on any atom is -0.451 e. The molecule has 26 heavy (non-hydrogen) atoms. The molecule has 0 spiro atoms. The summed E-state index contributed by atoms with van der Waals surface area (Å²) in [6.07, 6.45) is 3.01. The lowest BCUT2D eigenvalue weighted by molar-refractivity contribution is -0.140. The summed E-state index contributed by atoms with van der Waals surface area (Å²) in [5.74, 6) is -0.908. The lowest BCUT2D eigenvalue weighted by Gasteiger charge is -2.38. The summed E-state index contributed by atoms with van der Waals surface area (Å²) in [6.45, 7) is 3.70. The average Bonchev–Trinajstić information content (AvgIpc) is 2.62. The zero-order valence-electron chi connectivity index (χ0n) is 15.3. The van der Waals surface area contributed by atoms with E-state index in [1.54, 1.807) is 29.2 Å². The van der Waals surface area contributed by atoms with Crippen LogP contribution < -0.4 is 5.56 Å². The average molecular weight is 357 g/mol. The predicted octanol–water partition coefficient (Wildman–Crippen LogP) is 1.88. The minimum atomic E-state index is -0.706. The highest BCUT2D eigenvalue weighted by atomic mass is 16.5. The first-order valence-electron chi connectivity index (χ1n) is 8.84. The molecule has 2 atom stereocenters. The van der Waals surface area contributed by atoms with E-state index in [4.69, 9.17) is 4.74 Å². The summed E-state index contributed by atoms with van der Waals surface area (Å²) >= 11 is 0. The van der Waals surface area contributed by atoms with Gasteiger partial charge in [-0.25, -0.2) is 9.48 Å². The van der Waals surface area contributed by atoms with E-state index in [0.717, 1.165) is 23.9 Å². The Morgan fingerprint density at radius 2 is 1.77 bits per heavy atom. The van der Waals surface area contributed by atoms with Gasteiger partial charge in [0.2, 0.25) is 0 Å². The predicted molar refractivity (Wildman–Crippen MR) is 96.9 cm³/mol. The van der Waals surface area contributed by atoms with Crippen LogP contribution in [0.2, 0.25) is 0 Å². The van der Waals surface area contributed by atoms with Crippen LogP contribution in [0.4, 0.5) is 0 Å². The van der Waals surface area contributed by atoms with Gasteiger partial charge in [0.05, 0.1) is 5.39 Å². The van der Waals surface area contributed by atoms with E-state index >= 15 is 0 Å². The Hall–Kier alpha value is -2.70. The first-order valence-corrected chi connectivity index (χ1v) is 8.84. The van der Waals surface area contributed by atoms with Crippen molar-refractivity contribution in [1.29, 1.82) is 0 Å². The monoisotopic (exact) mass is 357 g/mol. The SMILES string of the molecule is C[C@H]1CCC[C@H](C)N1C(=O)COC(=O)c1nn(C)c(=O)c2ccccc12. The van der Waals surface area contributed by atoms with Gasteiger partial charge in [-0.1, -0.05) is 18.2 Å². The molecule has 2 aromatic rings. The molecule has 1 aliphatic rings. The lowest BCUT2D eigenvalue weighted by Crippen LogP contribution is -2.49. The number of piperidine rings is 1. The van der Waals surface area contributed by atoms with Crippen LogP contribution in [0.5, 0.6) is 0 Å². The molecule has 1 aliphatic heterocycles. The van der Waals surface area contributed by atoms with Gasteiger partial charge in [-0.15, -0.1) is 0 Å². The fourth-order valence-corrected chi connectivity index (χ4v) is 3.63. The molecule has 1 fully saturated rings. The highest BCUT2D eigenvalue weighted by Crippen LogP contribution is 2.22. The molecular formula is C19H23N3O4. The number of aromatic nitrogens is 2. The molecule has 1 saturated heterocycles. The number of ether oxygens (including phenoxy) is 1. The number of aryl methyl sites for hydroxylation is 1. The summed E-state index contributed by atoms with van der Waals surface area (Å²) in [5, 5.41) is 4.84. The van der Waals surface area contributed by atoms with Crippen LogP contribution in [0.25, 0.3) is 10.8 Å². The van der Waals surface area contributed by atoms with Crippen LogP contribution in [0, 0.1) is 0 Å². The molecule has 2 heterocycles. The molecule has 0 bridgehead atoms. The van der Waals surface area contributed by atoms with Crippen molar-refractivity contribution in [2.24, 2.45) is 7.05 Å². The van der Waals surface area contributed by atoms with Crippen LogP contribution >= 0.6 is 0 Å². The maximum absolute atomic E-state index is 12.5. The number of likely N-dealkylation sites (tertiary alicyclic amines) is 1. The Balaban J connectivity index is 1.79. The van der Waals surface area contributed by atoms with Gasteiger partial charge in [0.25, 0.3) is 11.5 Å². The number of benzene rings is 1. The Morgan fingerprint density at radius 3 is 2.42 bits per heavy atom. The van der Waals surface area contributed by atoms with Gasteiger partial charge >= 0.3 is 5.97 Å². The van der Waals surface area contributed by atoms with Crippen LogP contribution in [-0.4, -0.2) is 45.2 Å². The molecule has 1 amide bonds. The lowest BCUT2D eigenvalue weighted by atomic mass is 9.97. The molecule has 7 heteroatoms. The molecular weight excluding hydrogens is 334 g/mol. The fraction of sp³-hybridized carbons (Fsp3) is 0.474. The van der Waals surface area contributed by atoms with Gasteiger partial charge in [-0.3, -0.25) is 9.59 Å². The largest absolute Gasteiger partial charge is 0.451 e. The van der Waals surface area contributed by atoms with E-state index in [9.17, 15) is 14.4 Å². The molecule has 0 N–H and O–H groups in total. The quantitative estimate of drug-likeness (QED) is 0.784. The number of rotatable bonds is 3. The molecule has 0 aliphatic carbocycles. The Morgan fingerprint density at radius 1 is 1.15 bits per heavy atom. The van der Waals surface area contributed by atoms with E-state index in [2.05, 4.69) is 5.10 Å². The molecule has 3 rings (SSSR count). The van der Waals surface area contributed by atoms with E-state index in [1.807, 2.05) is 13.8 Å². The van der Waals surface area contributed by atoms with Crippen LogP contribution in [-0.2, 0) is 16.6 Å². The Labute approximate surface area is 151 Å². The van der Waals surface area contributed by atoms with Crippen molar-refractivity contribution < 1.29 is 14.3 Å². The van der Waals surface area contributed by atoms with Crippen molar-refractivity contribution in [2.45, 2.75) is 45.2 Å². The van der Waals surface area contributed by atoms with Gasteiger partial charge in [0, 0.05) is 24.5 Å².